The van der Waals surface area contributed by atoms with Crippen molar-refractivity contribution in [3.63, 3.8) is 0 Å². The van der Waals surface area contributed by atoms with Gasteiger partial charge in [-0.2, -0.15) is 0 Å². The highest BCUT2D eigenvalue weighted by molar-refractivity contribution is 14.0. The zero-order chi connectivity index (χ0) is 19.3. The Morgan fingerprint density at radius 2 is 2.10 bits per heavy atom. The summed E-state index contributed by atoms with van der Waals surface area (Å²) in [7, 11) is 2.00. The van der Waals surface area contributed by atoms with Crippen LogP contribution < -0.4 is 5.32 Å². The largest absolute Gasteiger partial charge is 0.356 e. The maximum atomic E-state index is 4.92. The number of aromatic nitrogens is 3. The molecule has 0 spiro atoms. The van der Waals surface area contributed by atoms with E-state index in [0.717, 1.165) is 43.7 Å². The molecule has 7 nitrogen and oxygen atoms in total. The Kier molecular flexibility index (Phi) is 8.31. The van der Waals surface area contributed by atoms with Crippen LogP contribution in [-0.2, 0) is 20.0 Å². The number of hydrogen-bond acceptors (Lipinski definition) is 5. The number of likely N-dealkylation sites (tertiary alicyclic amines) is 2. The van der Waals surface area contributed by atoms with Gasteiger partial charge in [0.25, 0.3) is 0 Å². The number of nitrogens with zero attached hydrogens (tertiary/aromatic N) is 6. The zero-order valence-electron chi connectivity index (χ0n) is 17.4. The smallest absolute Gasteiger partial charge is 0.194 e. The van der Waals surface area contributed by atoms with Gasteiger partial charge in [0.2, 0.25) is 0 Å². The first-order valence-corrected chi connectivity index (χ1v) is 11.2. The Hall–Kier alpha value is -1.20. The predicted octanol–water partition coefficient (Wildman–Crippen LogP) is 2.66. The molecular weight excluding hydrogens is 497 g/mol. The van der Waals surface area contributed by atoms with E-state index in [4.69, 9.17) is 4.99 Å². The summed E-state index contributed by atoms with van der Waals surface area (Å²) in [6, 6.07) is 4.99. The molecule has 1 unspecified atom stereocenters. The molecule has 2 aromatic rings. The van der Waals surface area contributed by atoms with Gasteiger partial charge >= 0.3 is 0 Å². The van der Waals surface area contributed by atoms with Crippen LogP contribution >= 0.6 is 35.3 Å². The molecule has 0 aliphatic carbocycles. The molecule has 2 aliphatic heterocycles. The second-order valence-electron chi connectivity index (χ2n) is 7.75. The molecule has 0 saturated carbocycles. The lowest BCUT2D eigenvalue weighted by molar-refractivity contribution is 0.249. The summed E-state index contributed by atoms with van der Waals surface area (Å²) in [5, 5.41) is 14.2. The molecule has 29 heavy (non-hydrogen) atoms. The highest BCUT2D eigenvalue weighted by Crippen LogP contribution is 2.20. The van der Waals surface area contributed by atoms with E-state index in [1.54, 1.807) is 0 Å². The molecular formula is C20H32IN7S. The van der Waals surface area contributed by atoms with Crippen LogP contribution in [0, 0.1) is 6.92 Å². The Balaban J connectivity index is 0.00000240. The SMILES string of the molecule is Cc1nnc(CN=C(NCCc2cccs2)N2CCC(N3CCCC3)C2)n1C.I. The van der Waals surface area contributed by atoms with Crippen molar-refractivity contribution in [3.05, 3.63) is 34.0 Å². The standard InChI is InChI=1S/C20H31N7S.HI/c1-16-23-24-19(25(16)2)14-22-20(21-9-7-18-6-5-13-28-18)27-12-8-17(15-27)26-10-3-4-11-26;/h5-6,13,17H,3-4,7-12,14-15H2,1-2H3,(H,21,22);1H. The first-order chi connectivity index (χ1) is 13.7. The van der Waals surface area contributed by atoms with E-state index in [2.05, 4.69) is 42.8 Å². The van der Waals surface area contributed by atoms with E-state index >= 15 is 0 Å². The van der Waals surface area contributed by atoms with Gasteiger partial charge in [-0.15, -0.1) is 45.5 Å². The molecule has 2 fully saturated rings. The second kappa shape index (κ2) is 10.7. The summed E-state index contributed by atoms with van der Waals surface area (Å²) in [6.07, 6.45) is 4.96. The van der Waals surface area contributed by atoms with Crippen molar-refractivity contribution in [2.75, 3.05) is 32.7 Å². The van der Waals surface area contributed by atoms with Crippen LogP contribution in [0.4, 0.5) is 0 Å². The molecule has 2 saturated heterocycles. The van der Waals surface area contributed by atoms with E-state index < -0.39 is 0 Å². The fraction of sp³-hybridized carbons (Fsp3) is 0.650. The number of thiophene rings is 1. The van der Waals surface area contributed by atoms with Crippen LogP contribution in [0.5, 0.6) is 0 Å². The number of halogens is 1. The molecule has 1 N–H and O–H groups in total. The fourth-order valence-corrected chi connectivity index (χ4v) is 4.80. The van der Waals surface area contributed by atoms with Gasteiger partial charge in [-0.25, -0.2) is 4.99 Å². The van der Waals surface area contributed by atoms with E-state index in [-0.39, 0.29) is 24.0 Å². The topological polar surface area (TPSA) is 61.6 Å². The Morgan fingerprint density at radius 1 is 1.28 bits per heavy atom. The summed E-state index contributed by atoms with van der Waals surface area (Å²) >= 11 is 1.82. The van der Waals surface area contributed by atoms with Gasteiger partial charge < -0.3 is 14.8 Å². The normalized spacial score (nSPS) is 20.3. The Bertz CT molecular complexity index is 783. The van der Waals surface area contributed by atoms with Gasteiger partial charge in [0.05, 0.1) is 0 Å². The molecule has 0 radical (unpaired) electrons. The van der Waals surface area contributed by atoms with Crippen LogP contribution in [0.1, 0.15) is 35.8 Å². The van der Waals surface area contributed by atoms with Crippen LogP contribution in [0.3, 0.4) is 0 Å². The third-order valence-electron chi connectivity index (χ3n) is 5.91. The molecule has 2 aromatic heterocycles. The second-order valence-corrected chi connectivity index (χ2v) is 8.78. The minimum atomic E-state index is 0. The lowest BCUT2D eigenvalue weighted by Crippen LogP contribution is -2.43. The summed E-state index contributed by atoms with van der Waals surface area (Å²) in [5.74, 6) is 2.84. The highest BCUT2D eigenvalue weighted by atomic mass is 127. The lowest BCUT2D eigenvalue weighted by Gasteiger charge is -2.25. The molecule has 4 rings (SSSR count). The lowest BCUT2D eigenvalue weighted by atomic mass is 10.2. The molecule has 2 aliphatic rings. The minimum Gasteiger partial charge on any atom is -0.356 e. The average Bonchev–Trinajstić information content (AvgIpc) is 3.49. The highest BCUT2D eigenvalue weighted by Gasteiger charge is 2.30. The minimum absolute atomic E-state index is 0. The molecule has 1 atom stereocenters. The van der Waals surface area contributed by atoms with Gasteiger partial charge in [0.1, 0.15) is 12.4 Å². The van der Waals surface area contributed by atoms with Crippen molar-refractivity contribution in [1.82, 2.24) is 29.9 Å². The van der Waals surface area contributed by atoms with Crippen molar-refractivity contribution in [2.45, 2.75) is 45.2 Å². The van der Waals surface area contributed by atoms with E-state index in [1.807, 2.05) is 29.9 Å². The van der Waals surface area contributed by atoms with Crippen molar-refractivity contribution in [3.8, 4) is 0 Å². The maximum absolute atomic E-state index is 4.92. The average molecular weight is 529 g/mol. The number of hydrogen-bond donors (Lipinski definition) is 1. The molecule has 0 aromatic carbocycles. The third-order valence-corrected chi connectivity index (χ3v) is 6.84. The van der Waals surface area contributed by atoms with Crippen molar-refractivity contribution < 1.29 is 0 Å². The molecule has 0 bridgehead atoms. The first kappa shape index (κ1) is 22.5. The van der Waals surface area contributed by atoms with Crippen LogP contribution in [0.2, 0.25) is 0 Å². The molecule has 0 amide bonds. The van der Waals surface area contributed by atoms with Gasteiger partial charge in [0, 0.05) is 37.6 Å². The van der Waals surface area contributed by atoms with Gasteiger partial charge in [-0.1, -0.05) is 6.07 Å². The zero-order valence-corrected chi connectivity index (χ0v) is 20.5. The summed E-state index contributed by atoms with van der Waals surface area (Å²) in [4.78, 5) is 11.4. The number of nitrogens with one attached hydrogen (secondary N) is 1. The van der Waals surface area contributed by atoms with Crippen LogP contribution in [0.15, 0.2) is 22.5 Å². The Labute approximate surface area is 194 Å². The third kappa shape index (κ3) is 5.69. The first-order valence-electron chi connectivity index (χ1n) is 10.4. The van der Waals surface area contributed by atoms with E-state index in [9.17, 15) is 0 Å². The Morgan fingerprint density at radius 3 is 2.79 bits per heavy atom. The number of guanidine groups is 1. The molecule has 160 valence electrons. The van der Waals surface area contributed by atoms with Crippen LogP contribution in [0.25, 0.3) is 0 Å². The summed E-state index contributed by atoms with van der Waals surface area (Å²) < 4.78 is 2.02. The monoisotopic (exact) mass is 529 g/mol. The van der Waals surface area contributed by atoms with Crippen molar-refractivity contribution in [2.24, 2.45) is 12.0 Å². The van der Waals surface area contributed by atoms with Crippen molar-refractivity contribution in [1.29, 1.82) is 0 Å². The van der Waals surface area contributed by atoms with E-state index in [1.165, 1.54) is 37.2 Å². The fourth-order valence-electron chi connectivity index (χ4n) is 4.09. The number of aryl methyl sites for hydroxylation is 1. The van der Waals surface area contributed by atoms with Gasteiger partial charge in [0.15, 0.2) is 11.8 Å². The predicted molar refractivity (Wildman–Crippen MR) is 129 cm³/mol. The summed E-state index contributed by atoms with van der Waals surface area (Å²) in [5.41, 5.74) is 0. The van der Waals surface area contributed by atoms with Crippen LogP contribution in [-0.4, -0.2) is 69.3 Å². The van der Waals surface area contributed by atoms with E-state index in [0.29, 0.717) is 12.6 Å². The van der Waals surface area contributed by atoms with Gasteiger partial charge in [-0.3, -0.25) is 4.90 Å². The quantitative estimate of drug-likeness (QED) is 0.354. The van der Waals surface area contributed by atoms with Gasteiger partial charge in [-0.05, 0) is 57.1 Å². The number of aliphatic imine (C=N–C) groups is 1. The maximum Gasteiger partial charge on any atom is 0.194 e. The number of rotatable bonds is 6. The van der Waals surface area contributed by atoms with Crippen molar-refractivity contribution >= 4 is 41.3 Å². The summed E-state index contributed by atoms with van der Waals surface area (Å²) in [6.45, 7) is 8.10. The molecule has 4 heterocycles. The molecule has 9 heteroatoms.